The molecule has 1 fully saturated rings. The average molecular weight is 363 g/mol. The van der Waals surface area contributed by atoms with Gasteiger partial charge < -0.3 is 15.0 Å². The maximum atomic E-state index is 12.7. The van der Waals surface area contributed by atoms with E-state index in [0.29, 0.717) is 19.6 Å². The van der Waals surface area contributed by atoms with Crippen molar-refractivity contribution in [3.05, 3.63) is 60.0 Å². The predicted octanol–water partition coefficient (Wildman–Crippen LogP) is 3.74. The number of amides is 1. The summed E-state index contributed by atoms with van der Waals surface area (Å²) in [6, 6.07) is 11.9. The fraction of sp³-hybridized carbons (Fsp3) is 0.364. The van der Waals surface area contributed by atoms with Crippen molar-refractivity contribution in [2.24, 2.45) is 0 Å². The van der Waals surface area contributed by atoms with E-state index in [-0.39, 0.29) is 11.3 Å². The Balaban J connectivity index is 1.46. The van der Waals surface area contributed by atoms with Gasteiger partial charge in [-0.2, -0.15) is 0 Å². The monoisotopic (exact) mass is 363 g/mol. The second-order valence-electron chi connectivity index (χ2n) is 7.23. The molecule has 27 heavy (non-hydrogen) atoms. The number of aromatic amines is 1. The number of carbonyl (C=O) groups is 1. The Morgan fingerprint density at radius 1 is 1.26 bits per heavy atom. The lowest BCUT2D eigenvalue weighted by Gasteiger charge is -2.41. The highest BCUT2D eigenvalue weighted by Crippen LogP contribution is 2.42. The Morgan fingerprint density at radius 2 is 2.15 bits per heavy atom. The fourth-order valence-corrected chi connectivity index (χ4v) is 3.94. The molecule has 0 atom stereocenters. The van der Waals surface area contributed by atoms with Gasteiger partial charge in [-0.1, -0.05) is 18.6 Å². The summed E-state index contributed by atoms with van der Waals surface area (Å²) in [7, 11) is 0. The minimum atomic E-state index is -0.00633. The molecule has 0 spiro atoms. The Morgan fingerprint density at radius 3 is 2.85 bits per heavy atom. The second kappa shape index (κ2) is 7.43. The molecule has 1 aromatic carbocycles. The van der Waals surface area contributed by atoms with E-state index in [1.54, 1.807) is 0 Å². The molecule has 3 aromatic rings. The summed E-state index contributed by atoms with van der Waals surface area (Å²) in [5, 5.41) is 4.14. The van der Waals surface area contributed by atoms with Crippen LogP contribution in [-0.2, 0) is 16.6 Å². The van der Waals surface area contributed by atoms with Gasteiger partial charge in [0, 0.05) is 41.0 Å². The lowest BCUT2D eigenvalue weighted by atomic mass is 9.66. The van der Waals surface area contributed by atoms with Crippen molar-refractivity contribution in [3.63, 3.8) is 0 Å². The minimum absolute atomic E-state index is 0.00633. The molecule has 1 saturated carbocycles. The fourth-order valence-electron chi connectivity index (χ4n) is 3.94. The van der Waals surface area contributed by atoms with Crippen LogP contribution in [0.15, 0.2) is 48.8 Å². The highest BCUT2D eigenvalue weighted by molar-refractivity contribution is 5.93. The number of carbonyl (C=O) groups excluding carboxylic acids is 1. The van der Waals surface area contributed by atoms with Crippen LogP contribution < -0.4 is 10.1 Å². The normalized spacial score (nSPS) is 15.3. The molecule has 140 valence electrons. The number of benzene rings is 1. The summed E-state index contributed by atoms with van der Waals surface area (Å²) in [5.74, 6) is 0.854. The summed E-state index contributed by atoms with van der Waals surface area (Å²) < 4.78 is 5.74. The van der Waals surface area contributed by atoms with Gasteiger partial charge in [0.2, 0.25) is 5.91 Å². The molecular formula is C22H25N3O2. The van der Waals surface area contributed by atoms with Crippen molar-refractivity contribution in [1.82, 2.24) is 15.3 Å². The zero-order valence-electron chi connectivity index (χ0n) is 15.6. The van der Waals surface area contributed by atoms with Crippen molar-refractivity contribution >= 4 is 16.8 Å². The van der Waals surface area contributed by atoms with Crippen molar-refractivity contribution in [1.29, 1.82) is 0 Å². The molecule has 2 N–H and O–H groups in total. The SMILES string of the molecule is CCOc1cccc2[nH]cc(CC(=O)NCC3(c4ccccn4)CCC3)c12. The number of fused-ring (bicyclic) bond motifs is 1. The molecule has 0 radical (unpaired) electrons. The van der Waals surface area contributed by atoms with Crippen LogP contribution >= 0.6 is 0 Å². The molecule has 2 aromatic heterocycles. The third-order valence-electron chi connectivity index (χ3n) is 5.54. The van der Waals surface area contributed by atoms with Gasteiger partial charge in [0.25, 0.3) is 0 Å². The van der Waals surface area contributed by atoms with E-state index >= 15 is 0 Å². The quantitative estimate of drug-likeness (QED) is 0.672. The summed E-state index contributed by atoms with van der Waals surface area (Å²) in [5.41, 5.74) is 3.04. The molecule has 1 aliphatic carbocycles. The van der Waals surface area contributed by atoms with Gasteiger partial charge in [-0.05, 0) is 49.6 Å². The summed E-state index contributed by atoms with van der Waals surface area (Å²) in [6.45, 7) is 3.21. The molecular weight excluding hydrogens is 338 g/mol. The van der Waals surface area contributed by atoms with Gasteiger partial charge in [0.15, 0.2) is 0 Å². The van der Waals surface area contributed by atoms with Crippen LogP contribution in [0.1, 0.15) is 37.4 Å². The number of nitrogens with one attached hydrogen (secondary N) is 2. The molecule has 0 aliphatic heterocycles. The first-order chi connectivity index (χ1) is 13.2. The van der Waals surface area contributed by atoms with Crippen LogP contribution in [0.5, 0.6) is 5.75 Å². The van der Waals surface area contributed by atoms with Crippen LogP contribution in [0.2, 0.25) is 0 Å². The number of rotatable bonds is 7. The summed E-state index contributed by atoms with van der Waals surface area (Å²) in [6.07, 6.45) is 7.41. The van der Waals surface area contributed by atoms with E-state index in [9.17, 15) is 4.79 Å². The van der Waals surface area contributed by atoms with Gasteiger partial charge >= 0.3 is 0 Å². The van der Waals surface area contributed by atoms with Crippen LogP contribution in [0.3, 0.4) is 0 Å². The van der Waals surface area contributed by atoms with Crippen molar-refractivity contribution in [2.75, 3.05) is 13.2 Å². The van der Waals surface area contributed by atoms with E-state index in [0.717, 1.165) is 40.8 Å². The van der Waals surface area contributed by atoms with E-state index in [1.807, 2.05) is 49.6 Å². The van der Waals surface area contributed by atoms with E-state index in [1.165, 1.54) is 6.42 Å². The molecule has 1 amide bonds. The standard InChI is InChI=1S/C22H25N3O2/c1-2-27-18-8-5-7-17-21(18)16(14-24-17)13-20(26)25-15-22(10-6-11-22)19-9-3-4-12-23-19/h3-5,7-9,12,14,24H,2,6,10-11,13,15H2,1H3,(H,25,26). The van der Waals surface area contributed by atoms with Gasteiger partial charge in [-0.3, -0.25) is 9.78 Å². The third kappa shape index (κ3) is 3.42. The van der Waals surface area contributed by atoms with E-state index in [2.05, 4.69) is 21.4 Å². The Bertz CT molecular complexity index is 929. The molecule has 0 saturated heterocycles. The lowest BCUT2D eigenvalue weighted by molar-refractivity contribution is -0.120. The molecule has 1 aliphatic rings. The lowest BCUT2D eigenvalue weighted by Crippen LogP contribution is -2.46. The van der Waals surface area contributed by atoms with Gasteiger partial charge in [0.05, 0.1) is 13.0 Å². The zero-order chi connectivity index (χ0) is 18.7. The second-order valence-corrected chi connectivity index (χ2v) is 7.23. The maximum absolute atomic E-state index is 12.7. The first kappa shape index (κ1) is 17.6. The third-order valence-corrected chi connectivity index (χ3v) is 5.54. The number of nitrogens with zero attached hydrogens (tertiary/aromatic N) is 1. The zero-order valence-corrected chi connectivity index (χ0v) is 15.6. The molecule has 4 rings (SSSR count). The number of aromatic nitrogens is 2. The largest absolute Gasteiger partial charge is 0.493 e. The number of hydrogen-bond acceptors (Lipinski definition) is 3. The van der Waals surface area contributed by atoms with E-state index in [4.69, 9.17) is 4.74 Å². The summed E-state index contributed by atoms with van der Waals surface area (Å²) >= 11 is 0. The van der Waals surface area contributed by atoms with Crippen molar-refractivity contribution in [2.45, 2.75) is 38.0 Å². The van der Waals surface area contributed by atoms with Gasteiger partial charge in [0.1, 0.15) is 5.75 Å². The molecule has 0 unspecified atom stereocenters. The highest BCUT2D eigenvalue weighted by atomic mass is 16.5. The Kier molecular flexibility index (Phi) is 4.84. The first-order valence-corrected chi connectivity index (χ1v) is 9.62. The van der Waals surface area contributed by atoms with Crippen molar-refractivity contribution < 1.29 is 9.53 Å². The number of pyridine rings is 1. The highest BCUT2D eigenvalue weighted by Gasteiger charge is 2.40. The number of H-pyrrole nitrogens is 1. The number of ether oxygens (including phenoxy) is 1. The molecule has 5 nitrogen and oxygen atoms in total. The first-order valence-electron chi connectivity index (χ1n) is 9.62. The Hall–Kier alpha value is -2.82. The average Bonchev–Trinajstić information content (AvgIpc) is 3.06. The molecule has 0 bridgehead atoms. The predicted molar refractivity (Wildman–Crippen MR) is 106 cm³/mol. The van der Waals surface area contributed by atoms with Crippen molar-refractivity contribution in [3.8, 4) is 5.75 Å². The summed E-state index contributed by atoms with van der Waals surface area (Å²) in [4.78, 5) is 20.4. The van der Waals surface area contributed by atoms with E-state index < -0.39 is 0 Å². The van der Waals surface area contributed by atoms with Crippen LogP contribution in [0, 0.1) is 0 Å². The Labute approximate surface area is 159 Å². The van der Waals surface area contributed by atoms with Gasteiger partial charge in [-0.15, -0.1) is 0 Å². The number of hydrogen-bond donors (Lipinski definition) is 2. The van der Waals surface area contributed by atoms with Crippen LogP contribution in [0.25, 0.3) is 10.9 Å². The van der Waals surface area contributed by atoms with Gasteiger partial charge in [-0.25, -0.2) is 0 Å². The molecule has 2 heterocycles. The van der Waals surface area contributed by atoms with Crippen LogP contribution in [0.4, 0.5) is 0 Å². The minimum Gasteiger partial charge on any atom is -0.493 e. The van der Waals surface area contributed by atoms with Crippen LogP contribution in [-0.4, -0.2) is 29.0 Å². The molecule has 5 heteroatoms. The maximum Gasteiger partial charge on any atom is 0.224 e. The smallest absolute Gasteiger partial charge is 0.224 e. The topological polar surface area (TPSA) is 67.0 Å².